The first kappa shape index (κ1) is 20.6. The molecule has 0 saturated heterocycles. The molecule has 3 aromatic rings. The van der Waals surface area contributed by atoms with E-state index >= 15 is 0 Å². The molecule has 0 amide bonds. The van der Waals surface area contributed by atoms with Crippen LogP contribution in [0.25, 0.3) is 16.6 Å². The molecule has 0 radical (unpaired) electrons. The molecule has 0 aliphatic rings. The Morgan fingerprint density at radius 1 is 1.21 bits per heavy atom. The van der Waals surface area contributed by atoms with E-state index < -0.39 is 11.8 Å². The van der Waals surface area contributed by atoms with Crippen LogP contribution in [0.4, 0.5) is 4.39 Å². The SMILES string of the molecule is CCOC(=O)c1c(OC(C)C)c2c(=O)n(-c3cccc(F)c3)c(CC)cc2n1C. The van der Waals surface area contributed by atoms with E-state index in [1.54, 1.807) is 30.7 Å². The fourth-order valence-corrected chi connectivity index (χ4v) is 3.45. The Bertz CT molecular complexity index is 1130. The topological polar surface area (TPSA) is 62.5 Å². The first-order chi connectivity index (χ1) is 13.8. The quantitative estimate of drug-likeness (QED) is 0.587. The number of ether oxygens (including phenoxy) is 2. The summed E-state index contributed by atoms with van der Waals surface area (Å²) in [5.74, 6) is -0.805. The molecule has 6 nitrogen and oxygen atoms in total. The largest absolute Gasteiger partial charge is 0.488 e. The van der Waals surface area contributed by atoms with Crippen molar-refractivity contribution < 1.29 is 18.7 Å². The minimum absolute atomic E-state index is 0.187. The summed E-state index contributed by atoms with van der Waals surface area (Å²) in [7, 11) is 1.70. The van der Waals surface area contributed by atoms with E-state index in [9.17, 15) is 14.0 Å². The number of benzene rings is 1. The third kappa shape index (κ3) is 3.64. The van der Waals surface area contributed by atoms with Gasteiger partial charge in [-0.2, -0.15) is 0 Å². The van der Waals surface area contributed by atoms with Crippen molar-refractivity contribution in [3.8, 4) is 11.4 Å². The zero-order chi connectivity index (χ0) is 21.3. The maximum atomic E-state index is 13.8. The van der Waals surface area contributed by atoms with Crippen molar-refractivity contribution >= 4 is 16.9 Å². The van der Waals surface area contributed by atoms with Crippen LogP contribution in [-0.2, 0) is 18.2 Å². The minimum atomic E-state index is -0.559. The van der Waals surface area contributed by atoms with E-state index in [0.717, 1.165) is 0 Å². The van der Waals surface area contributed by atoms with E-state index in [0.29, 0.717) is 23.3 Å². The fraction of sp³-hybridized carbons (Fsp3) is 0.364. The molecule has 2 heterocycles. The van der Waals surface area contributed by atoms with Crippen LogP contribution < -0.4 is 10.3 Å². The monoisotopic (exact) mass is 400 g/mol. The van der Waals surface area contributed by atoms with Crippen LogP contribution >= 0.6 is 0 Å². The molecular formula is C22H25FN2O4. The van der Waals surface area contributed by atoms with Gasteiger partial charge in [0.1, 0.15) is 11.2 Å². The molecule has 0 unspecified atom stereocenters. The highest BCUT2D eigenvalue weighted by atomic mass is 19.1. The minimum Gasteiger partial charge on any atom is -0.488 e. The van der Waals surface area contributed by atoms with Crippen molar-refractivity contribution in [1.82, 2.24) is 9.13 Å². The Labute approximate surface area is 168 Å². The van der Waals surface area contributed by atoms with E-state index in [4.69, 9.17) is 9.47 Å². The Balaban J connectivity index is 2.44. The Kier molecular flexibility index (Phi) is 5.77. The molecule has 0 spiro atoms. The van der Waals surface area contributed by atoms with Crippen molar-refractivity contribution in [2.75, 3.05) is 6.61 Å². The molecule has 29 heavy (non-hydrogen) atoms. The predicted octanol–water partition coefficient (Wildman–Crippen LogP) is 3.99. The van der Waals surface area contributed by atoms with E-state index in [-0.39, 0.29) is 35.1 Å². The molecule has 0 fully saturated rings. The second kappa shape index (κ2) is 8.11. The summed E-state index contributed by atoms with van der Waals surface area (Å²) < 4.78 is 28.0. The first-order valence-corrected chi connectivity index (χ1v) is 9.67. The number of aryl methyl sites for hydroxylation is 2. The fourth-order valence-electron chi connectivity index (χ4n) is 3.45. The molecule has 154 valence electrons. The van der Waals surface area contributed by atoms with Gasteiger partial charge < -0.3 is 14.0 Å². The van der Waals surface area contributed by atoms with Gasteiger partial charge in [-0.15, -0.1) is 0 Å². The number of esters is 1. The lowest BCUT2D eigenvalue weighted by Crippen LogP contribution is -2.22. The molecule has 0 aliphatic heterocycles. The molecule has 0 aliphatic carbocycles. The van der Waals surface area contributed by atoms with Gasteiger partial charge in [0.15, 0.2) is 11.4 Å². The van der Waals surface area contributed by atoms with Crippen LogP contribution in [0.15, 0.2) is 35.1 Å². The molecule has 3 rings (SSSR count). The number of carbonyl (C=O) groups is 1. The lowest BCUT2D eigenvalue weighted by atomic mass is 10.2. The van der Waals surface area contributed by atoms with E-state index in [1.165, 1.54) is 16.7 Å². The van der Waals surface area contributed by atoms with Crippen molar-refractivity contribution in [3.63, 3.8) is 0 Å². The van der Waals surface area contributed by atoms with Gasteiger partial charge >= 0.3 is 5.97 Å². The van der Waals surface area contributed by atoms with Crippen LogP contribution in [0.3, 0.4) is 0 Å². The van der Waals surface area contributed by atoms with Crippen LogP contribution in [0.1, 0.15) is 43.9 Å². The van der Waals surface area contributed by atoms with Gasteiger partial charge in [0.2, 0.25) is 0 Å². The van der Waals surface area contributed by atoms with E-state index in [1.807, 2.05) is 26.8 Å². The van der Waals surface area contributed by atoms with Gasteiger partial charge in [-0.1, -0.05) is 13.0 Å². The van der Waals surface area contributed by atoms with Crippen molar-refractivity contribution in [2.45, 2.75) is 40.2 Å². The summed E-state index contributed by atoms with van der Waals surface area (Å²) in [6.07, 6.45) is 0.281. The molecule has 2 aromatic heterocycles. The van der Waals surface area contributed by atoms with Gasteiger partial charge in [-0.3, -0.25) is 9.36 Å². The molecule has 7 heteroatoms. The molecule has 0 bridgehead atoms. The smallest absolute Gasteiger partial charge is 0.358 e. The normalized spacial score (nSPS) is 11.3. The highest BCUT2D eigenvalue weighted by molar-refractivity contribution is 6.01. The summed E-state index contributed by atoms with van der Waals surface area (Å²) >= 11 is 0. The van der Waals surface area contributed by atoms with Crippen LogP contribution in [0.5, 0.6) is 5.75 Å². The zero-order valence-electron chi connectivity index (χ0n) is 17.3. The third-order valence-corrected chi connectivity index (χ3v) is 4.65. The number of fused-ring (bicyclic) bond motifs is 1. The highest BCUT2D eigenvalue weighted by Crippen LogP contribution is 2.33. The highest BCUT2D eigenvalue weighted by Gasteiger charge is 2.28. The summed E-state index contributed by atoms with van der Waals surface area (Å²) in [6, 6.07) is 7.70. The van der Waals surface area contributed by atoms with Crippen LogP contribution in [-0.4, -0.2) is 27.8 Å². The maximum absolute atomic E-state index is 13.8. The summed E-state index contributed by atoms with van der Waals surface area (Å²) in [5, 5.41) is 0.269. The zero-order valence-corrected chi connectivity index (χ0v) is 17.3. The number of carbonyl (C=O) groups excluding carboxylic acids is 1. The molecule has 0 saturated carbocycles. The standard InChI is InChI=1S/C22H25FN2O4/c1-6-15-12-17-18(21(26)25(15)16-10-8-9-14(23)11-16)20(29-13(3)4)19(24(17)5)22(27)28-7-2/h8-13H,6-7H2,1-5H3. The second-order valence-electron chi connectivity index (χ2n) is 6.99. The predicted molar refractivity (Wildman–Crippen MR) is 110 cm³/mol. The van der Waals surface area contributed by atoms with E-state index in [2.05, 4.69) is 0 Å². The number of aromatic nitrogens is 2. The van der Waals surface area contributed by atoms with Crippen molar-refractivity contribution in [3.05, 3.63) is 57.9 Å². The molecule has 1 aromatic carbocycles. The van der Waals surface area contributed by atoms with Gasteiger partial charge in [-0.25, -0.2) is 9.18 Å². The number of pyridine rings is 1. The molecule has 0 atom stereocenters. The summed E-state index contributed by atoms with van der Waals surface area (Å²) in [5.41, 5.74) is 1.50. The molecular weight excluding hydrogens is 375 g/mol. The number of hydrogen-bond acceptors (Lipinski definition) is 4. The number of halogens is 1. The van der Waals surface area contributed by atoms with Crippen LogP contribution in [0.2, 0.25) is 0 Å². The Hall–Kier alpha value is -3.09. The van der Waals surface area contributed by atoms with Crippen LogP contribution in [0, 0.1) is 5.82 Å². The Morgan fingerprint density at radius 2 is 1.93 bits per heavy atom. The maximum Gasteiger partial charge on any atom is 0.358 e. The lowest BCUT2D eigenvalue weighted by Gasteiger charge is -2.14. The number of hydrogen-bond donors (Lipinski definition) is 0. The number of nitrogens with zero attached hydrogens (tertiary/aromatic N) is 2. The first-order valence-electron chi connectivity index (χ1n) is 9.67. The third-order valence-electron chi connectivity index (χ3n) is 4.65. The van der Waals surface area contributed by atoms with Crippen molar-refractivity contribution in [1.29, 1.82) is 0 Å². The van der Waals surface area contributed by atoms with Gasteiger partial charge in [0, 0.05) is 12.7 Å². The van der Waals surface area contributed by atoms with Crippen molar-refractivity contribution in [2.24, 2.45) is 7.05 Å². The second-order valence-corrected chi connectivity index (χ2v) is 6.99. The Morgan fingerprint density at radius 3 is 2.52 bits per heavy atom. The lowest BCUT2D eigenvalue weighted by molar-refractivity contribution is 0.0509. The summed E-state index contributed by atoms with van der Waals surface area (Å²) in [4.78, 5) is 26.2. The van der Waals surface area contributed by atoms with Gasteiger partial charge in [0.25, 0.3) is 5.56 Å². The summed E-state index contributed by atoms with van der Waals surface area (Å²) in [6.45, 7) is 7.47. The number of rotatable bonds is 6. The average Bonchev–Trinajstić information content (AvgIpc) is 2.93. The van der Waals surface area contributed by atoms with Gasteiger partial charge in [0.05, 0.1) is 23.9 Å². The average molecular weight is 400 g/mol. The van der Waals surface area contributed by atoms with Gasteiger partial charge in [-0.05, 0) is 51.5 Å². The molecule has 0 N–H and O–H groups in total.